The Balaban J connectivity index is 2.15. The van der Waals surface area contributed by atoms with Crippen LogP contribution in [0.4, 0.5) is 0 Å². The van der Waals surface area contributed by atoms with Crippen LogP contribution in [-0.2, 0) is 4.74 Å². The molecular formula is C11H19NO. The molecule has 1 fully saturated rings. The van der Waals surface area contributed by atoms with Gasteiger partial charge in [-0.25, -0.2) is 0 Å². The second-order valence-corrected chi connectivity index (χ2v) is 4.49. The maximum atomic E-state index is 5.95. The van der Waals surface area contributed by atoms with Gasteiger partial charge < -0.3 is 9.64 Å². The summed E-state index contributed by atoms with van der Waals surface area (Å²) in [4.78, 5) is 2.38. The van der Waals surface area contributed by atoms with Gasteiger partial charge in [-0.3, -0.25) is 0 Å². The van der Waals surface area contributed by atoms with Crippen LogP contribution in [0.3, 0.4) is 0 Å². The Hall–Kier alpha value is -0.340. The SMILES string of the molecule is CC1=C(C)C2(CCN(C)CC2)OC1. The number of hydrogen-bond acceptors (Lipinski definition) is 2. The number of rotatable bonds is 0. The van der Waals surface area contributed by atoms with Crippen LogP contribution in [0.5, 0.6) is 0 Å². The van der Waals surface area contributed by atoms with E-state index >= 15 is 0 Å². The van der Waals surface area contributed by atoms with Crippen molar-refractivity contribution in [3.8, 4) is 0 Å². The Morgan fingerprint density at radius 1 is 1.23 bits per heavy atom. The van der Waals surface area contributed by atoms with Crippen LogP contribution >= 0.6 is 0 Å². The summed E-state index contributed by atoms with van der Waals surface area (Å²) >= 11 is 0. The fraction of sp³-hybridized carbons (Fsp3) is 0.818. The lowest BCUT2D eigenvalue weighted by Gasteiger charge is -2.38. The van der Waals surface area contributed by atoms with Crippen molar-refractivity contribution in [1.29, 1.82) is 0 Å². The predicted molar refractivity (Wildman–Crippen MR) is 53.8 cm³/mol. The Morgan fingerprint density at radius 3 is 2.31 bits per heavy atom. The summed E-state index contributed by atoms with van der Waals surface area (Å²) in [5, 5.41) is 0. The van der Waals surface area contributed by atoms with Gasteiger partial charge in [0.05, 0.1) is 12.2 Å². The molecule has 74 valence electrons. The topological polar surface area (TPSA) is 12.5 Å². The molecule has 1 spiro atoms. The quantitative estimate of drug-likeness (QED) is 0.528. The highest BCUT2D eigenvalue weighted by Gasteiger charge is 2.40. The van der Waals surface area contributed by atoms with Gasteiger partial charge in [-0.1, -0.05) is 0 Å². The van der Waals surface area contributed by atoms with E-state index in [2.05, 4.69) is 25.8 Å². The molecule has 2 nitrogen and oxygen atoms in total. The molecule has 2 aliphatic heterocycles. The lowest BCUT2D eigenvalue weighted by atomic mass is 9.84. The second-order valence-electron chi connectivity index (χ2n) is 4.49. The van der Waals surface area contributed by atoms with E-state index in [1.165, 1.54) is 37.1 Å². The molecule has 1 saturated heterocycles. The van der Waals surface area contributed by atoms with Crippen molar-refractivity contribution in [2.24, 2.45) is 0 Å². The molecule has 0 aromatic rings. The normalized spacial score (nSPS) is 28.8. The molecule has 0 aliphatic carbocycles. The predicted octanol–water partition coefficient (Wildman–Crippen LogP) is 1.82. The minimum Gasteiger partial charge on any atom is -0.366 e. The zero-order valence-electron chi connectivity index (χ0n) is 8.89. The van der Waals surface area contributed by atoms with Gasteiger partial charge in [0, 0.05) is 13.1 Å². The van der Waals surface area contributed by atoms with Crippen LogP contribution in [0, 0.1) is 0 Å². The zero-order chi connectivity index (χ0) is 9.47. The Bertz CT molecular complexity index is 236. The van der Waals surface area contributed by atoms with Crippen molar-refractivity contribution in [1.82, 2.24) is 4.90 Å². The van der Waals surface area contributed by atoms with Crippen LogP contribution in [0.1, 0.15) is 26.7 Å². The minimum absolute atomic E-state index is 0.122. The van der Waals surface area contributed by atoms with Crippen LogP contribution in [0.15, 0.2) is 11.1 Å². The fourth-order valence-corrected chi connectivity index (χ4v) is 2.35. The molecule has 13 heavy (non-hydrogen) atoms. The van der Waals surface area contributed by atoms with Crippen molar-refractivity contribution in [2.45, 2.75) is 32.3 Å². The average molecular weight is 181 g/mol. The molecule has 2 heterocycles. The molecule has 0 unspecified atom stereocenters. The molecule has 0 atom stereocenters. The highest BCUT2D eigenvalue weighted by molar-refractivity contribution is 5.27. The summed E-state index contributed by atoms with van der Waals surface area (Å²) in [6.45, 7) is 7.64. The average Bonchev–Trinajstić information content (AvgIpc) is 2.40. The van der Waals surface area contributed by atoms with Crippen LogP contribution in [0.25, 0.3) is 0 Å². The first-order valence-corrected chi connectivity index (χ1v) is 5.13. The first-order chi connectivity index (χ1) is 6.14. The molecule has 0 saturated carbocycles. The van der Waals surface area contributed by atoms with E-state index in [1.54, 1.807) is 0 Å². The van der Waals surface area contributed by atoms with Crippen molar-refractivity contribution in [3.05, 3.63) is 11.1 Å². The number of nitrogens with zero attached hydrogens (tertiary/aromatic N) is 1. The van der Waals surface area contributed by atoms with E-state index in [4.69, 9.17) is 4.74 Å². The fourth-order valence-electron chi connectivity index (χ4n) is 2.35. The van der Waals surface area contributed by atoms with Crippen molar-refractivity contribution in [2.75, 3.05) is 26.7 Å². The van der Waals surface area contributed by atoms with E-state index in [0.717, 1.165) is 6.61 Å². The lowest BCUT2D eigenvalue weighted by molar-refractivity contribution is -0.0262. The molecular weight excluding hydrogens is 162 g/mol. The van der Waals surface area contributed by atoms with Gasteiger partial charge in [-0.15, -0.1) is 0 Å². The highest BCUT2D eigenvalue weighted by atomic mass is 16.5. The first kappa shape index (κ1) is 9.22. The monoisotopic (exact) mass is 181 g/mol. The number of likely N-dealkylation sites (tertiary alicyclic amines) is 1. The number of piperidine rings is 1. The maximum absolute atomic E-state index is 5.95. The Labute approximate surface area is 80.6 Å². The molecule has 0 aromatic carbocycles. The van der Waals surface area contributed by atoms with Crippen molar-refractivity contribution in [3.63, 3.8) is 0 Å². The Kier molecular flexibility index (Phi) is 2.20. The van der Waals surface area contributed by atoms with E-state index in [9.17, 15) is 0 Å². The molecule has 2 heteroatoms. The van der Waals surface area contributed by atoms with Gasteiger partial charge in [0.2, 0.25) is 0 Å². The molecule has 0 amide bonds. The summed E-state index contributed by atoms with van der Waals surface area (Å²) in [5.41, 5.74) is 3.07. The van der Waals surface area contributed by atoms with Gasteiger partial charge >= 0.3 is 0 Å². The van der Waals surface area contributed by atoms with Crippen LogP contribution in [-0.4, -0.2) is 37.2 Å². The summed E-state index contributed by atoms with van der Waals surface area (Å²) < 4.78 is 5.95. The largest absolute Gasteiger partial charge is 0.366 e. The smallest absolute Gasteiger partial charge is 0.0920 e. The van der Waals surface area contributed by atoms with Crippen molar-refractivity contribution >= 4 is 0 Å². The first-order valence-electron chi connectivity index (χ1n) is 5.13. The van der Waals surface area contributed by atoms with Gasteiger partial charge in [0.25, 0.3) is 0 Å². The third-order valence-electron chi connectivity index (χ3n) is 3.68. The van der Waals surface area contributed by atoms with Gasteiger partial charge in [0.1, 0.15) is 0 Å². The summed E-state index contributed by atoms with van der Waals surface area (Å²) in [5.74, 6) is 0. The highest BCUT2D eigenvalue weighted by Crippen LogP contribution is 2.39. The molecule has 0 aromatic heterocycles. The lowest BCUT2D eigenvalue weighted by Crippen LogP contribution is -2.43. The molecule has 0 bridgehead atoms. The second kappa shape index (κ2) is 3.10. The molecule has 0 N–H and O–H groups in total. The van der Waals surface area contributed by atoms with Crippen LogP contribution in [0.2, 0.25) is 0 Å². The standard InChI is InChI=1S/C11H19NO/c1-9-8-13-11(10(9)2)4-6-12(3)7-5-11/h4-8H2,1-3H3. The minimum atomic E-state index is 0.122. The number of hydrogen-bond donors (Lipinski definition) is 0. The number of ether oxygens (including phenoxy) is 1. The maximum Gasteiger partial charge on any atom is 0.0920 e. The van der Waals surface area contributed by atoms with E-state index < -0.39 is 0 Å². The summed E-state index contributed by atoms with van der Waals surface area (Å²) in [6, 6.07) is 0. The third-order valence-corrected chi connectivity index (χ3v) is 3.68. The van der Waals surface area contributed by atoms with Crippen molar-refractivity contribution < 1.29 is 4.74 Å². The summed E-state index contributed by atoms with van der Waals surface area (Å²) in [7, 11) is 2.19. The summed E-state index contributed by atoms with van der Waals surface area (Å²) in [6.07, 6.45) is 2.35. The van der Waals surface area contributed by atoms with Gasteiger partial charge in [-0.05, 0) is 44.9 Å². The third kappa shape index (κ3) is 1.42. The van der Waals surface area contributed by atoms with Crippen LogP contribution < -0.4 is 0 Å². The van der Waals surface area contributed by atoms with Gasteiger partial charge in [0.15, 0.2) is 0 Å². The van der Waals surface area contributed by atoms with E-state index in [0.29, 0.717) is 0 Å². The Morgan fingerprint density at radius 2 is 1.85 bits per heavy atom. The molecule has 2 rings (SSSR count). The van der Waals surface area contributed by atoms with Gasteiger partial charge in [-0.2, -0.15) is 0 Å². The zero-order valence-corrected chi connectivity index (χ0v) is 8.89. The van der Waals surface area contributed by atoms with E-state index in [1.807, 2.05) is 0 Å². The molecule has 2 aliphatic rings. The van der Waals surface area contributed by atoms with E-state index in [-0.39, 0.29) is 5.60 Å². The molecule has 0 radical (unpaired) electrons.